The number of rotatable bonds is 7. The molecule has 0 fully saturated rings. The third-order valence-electron chi connectivity index (χ3n) is 4.82. The first kappa shape index (κ1) is 22.3. The number of aryl methyl sites for hydroxylation is 1. The summed E-state index contributed by atoms with van der Waals surface area (Å²) in [7, 11) is 1.97. The molecule has 0 aliphatic heterocycles. The molecule has 0 spiro atoms. The number of hydrogen-bond donors (Lipinski definition) is 2. The van der Waals surface area contributed by atoms with Crippen molar-refractivity contribution >= 4 is 22.9 Å². The molecule has 3 rings (SSSR count). The molecule has 3 aromatic rings. The molecular weight excluding hydrogens is 392 g/mol. The lowest BCUT2D eigenvalue weighted by Gasteiger charge is -2.23. The van der Waals surface area contributed by atoms with Gasteiger partial charge in [-0.1, -0.05) is 24.3 Å². The van der Waals surface area contributed by atoms with Crippen LogP contribution >= 0.6 is 0 Å². The number of para-hydroxylation sites is 1. The van der Waals surface area contributed by atoms with Crippen molar-refractivity contribution in [1.29, 1.82) is 0 Å². The third-order valence-corrected chi connectivity index (χ3v) is 4.82. The maximum absolute atomic E-state index is 13.0. The molecule has 7 heteroatoms. The van der Waals surface area contributed by atoms with Crippen LogP contribution in [0.2, 0.25) is 0 Å². The lowest BCUT2D eigenvalue weighted by molar-refractivity contribution is -0.123. The Morgan fingerprint density at radius 3 is 2.58 bits per heavy atom. The van der Waals surface area contributed by atoms with E-state index < -0.39 is 17.7 Å². The van der Waals surface area contributed by atoms with Gasteiger partial charge in [-0.05, 0) is 44.5 Å². The van der Waals surface area contributed by atoms with E-state index in [0.717, 1.165) is 22.2 Å². The van der Waals surface area contributed by atoms with E-state index in [9.17, 15) is 9.59 Å². The van der Waals surface area contributed by atoms with Gasteiger partial charge in [0.05, 0.1) is 0 Å². The number of carbonyl (C=O) groups excluding carboxylic acids is 2. The van der Waals surface area contributed by atoms with Crippen LogP contribution in [0.25, 0.3) is 10.9 Å². The van der Waals surface area contributed by atoms with E-state index >= 15 is 0 Å². The fraction of sp³-hybridized carbons (Fsp3) is 0.375. The molecule has 2 N–H and O–H groups in total. The van der Waals surface area contributed by atoms with Crippen LogP contribution in [0.3, 0.4) is 0 Å². The highest BCUT2D eigenvalue weighted by atomic mass is 16.6. The number of carbonyl (C=O) groups is 2. The van der Waals surface area contributed by atoms with Crippen molar-refractivity contribution in [3.8, 4) is 0 Å². The Morgan fingerprint density at radius 1 is 1.13 bits per heavy atom. The SMILES string of the molecule is Cn1cc(C[C@@H](NC(=O)OC(C)(C)C)C(=O)NCCc2ccccn2)c2ccccc21. The normalized spacial score (nSPS) is 12.4. The van der Waals surface area contributed by atoms with Crippen LogP contribution in [0, 0.1) is 0 Å². The minimum Gasteiger partial charge on any atom is -0.444 e. The van der Waals surface area contributed by atoms with Gasteiger partial charge >= 0.3 is 6.09 Å². The van der Waals surface area contributed by atoms with Crippen LogP contribution in [0.5, 0.6) is 0 Å². The van der Waals surface area contributed by atoms with Crippen LogP contribution in [0.4, 0.5) is 4.79 Å². The summed E-state index contributed by atoms with van der Waals surface area (Å²) in [6.45, 7) is 5.80. The van der Waals surface area contributed by atoms with E-state index in [4.69, 9.17) is 4.74 Å². The summed E-state index contributed by atoms with van der Waals surface area (Å²) in [4.78, 5) is 29.6. The maximum atomic E-state index is 13.0. The highest BCUT2D eigenvalue weighted by molar-refractivity contribution is 5.88. The molecule has 31 heavy (non-hydrogen) atoms. The zero-order chi connectivity index (χ0) is 22.4. The van der Waals surface area contributed by atoms with Crippen molar-refractivity contribution in [1.82, 2.24) is 20.2 Å². The quantitative estimate of drug-likeness (QED) is 0.611. The highest BCUT2D eigenvalue weighted by Gasteiger charge is 2.25. The van der Waals surface area contributed by atoms with Crippen molar-refractivity contribution in [3.05, 3.63) is 66.1 Å². The van der Waals surface area contributed by atoms with Gasteiger partial charge in [0.15, 0.2) is 0 Å². The second kappa shape index (κ2) is 9.64. The topological polar surface area (TPSA) is 85.2 Å². The molecule has 0 radical (unpaired) electrons. The van der Waals surface area contributed by atoms with E-state index in [1.54, 1.807) is 27.0 Å². The van der Waals surface area contributed by atoms with Gasteiger partial charge in [0.25, 0.3) is 0 Å². The van der Waals surface area contributed by atoms with Crippen LogP contribution in [-0.2, 0) is 29.4 Å². The summed E-state index contributed by atoms with van der Waals surface area (Å²) in [5, 5.41) is 6.72. The first-order chi connectivity index (χ1) is 14.7. The monoisotopic (exact) mass is 422 g/mol. The Kier molecular flexibility index (Phi) is 6.95. The molecular formula is C24H30N4O3. The summed E-state index contributed by atoms with van der Waals surface area (Å²) >= 11 is 0. The first-order valence-electron chi connectivity index (χ1n) is 10.4. The Morgan fingerprint density at radius 2 is 1.87 bits per heavy atom. The largest absolute Gasteiger partial charge is 0.444 e. The second-order valence-electron chi connectivity index (χ2n) is 8.55. The van der Waals surface area contributed by atoms with E-state index in [1.807, 2.05) is 60.3 Å². The Bertz CT molecular complexity index is 1040. The Labute approximate surface area is 182 Å². The zero-order valence-corrected chi connectivity index (χ0v) is 18.5. The van der Waals surface area contributed by atoms with Gasteiger partial charge in [0.1, 0.15) is 11.6 Å². The first-order valence-corrected chi connectivity index (χ1v) is 10.4. The van der Waals surface area contributed by atoms with Gasteiger partial charge in [-0.2, -0.15) is 0 Å². The summed E-state index contributed by atoms with van der Waals surface area (Å²) in [6, 6.07) is 12.9. The minimum absolute atomic E-state index is 0.255. The van der Waals surface area contributed by atoms with E-state index in [1.165, 1.54) is 0 Å². The fourth-order valence-electron chi connectivity index (χ4n) is 3.45. The van der Waals surface area contributed by atoms with Gasteiger partial charge in [0, 0.05) is 55.4 Å². The van der Waals surface area contributed by atoms with Gasteiger partial charge in [-0.15, -0.1) is 0 Å². The summed E-state index contributed by atoms with van der Waals surface area (Å²) in [5.74, 6) is -0.255. The van der Waals surface area contributed by atoms with Gasteiger partial charge in [0.2, 0.25) is 5.91 Å². The molecule has 1 aromatic carbocycles. The number of benzene rings is 1. The molecule has 0 aliphatic rings. The third kappa shape index (κ3) is 6.31. The molecule has 2 aromatic heterocycles. The van der Waals surface area contributed by atoms with Crippen LogP contribution in [-0.4, -0.2) is 39.7 Å². The molecule has 1 atom stereocenters. The average Bonchev–Trinajstić information content (AvgIpc) is 3.02. The molecule has 2 amide bonds. The second-order valence-corrected chi connectivity index (χ2v) is 8.55. The van der Waals surface area contributed by atoms with Crippen molar-refractivity contribution < 1.29 is 14.3 Å². The summed E-state index contributed by atoms with van der Waals surface area (Å²) < 4.78 is 7.40. The van der Waals surface area contributed by atoms with Gasteiger partial charge < -0.3 is 19.9 Å². The van der Waals surface area contributed by atoms with Gasteiger partial charge in [-0.25, -0.2) is 4.79 Å². The van der Waals surface area contributed by atoms with E-state index in [0.29, 0.717) is 19.4 Å². The number of pyridine rings is 1. The molecule has 7 nitrogen and oxygen atoms in total. The lowest BCUT2D eigenvalue weighted by Crippen LogP contribution is -2.49. The average molecular weight is 423 g/mol. The molecule has 164 valence electrons. The number of ether oxygens (including phenoxy) is 1. The molecule has 0 saturated carbocycles. The fourth-order valence-corrected chi connectivity index (χ4v) is 3.45. The predicted octanol–water partition coefficient (Wildman–Crippen LogP) is 3.37. The number of amides is 2. The number of nitrogens with zero attached hydrogens (tertiary/aromatic N) is 2. The Balaban J connectivity index is 1.73. The highest BCUT2D eigenvalue weighted by Crippen LogP contribution is 2.21. The van der Waals surface area contributed by atoms with Crippen LogP contribution in [0.1, 0.15) is 32.0 Å². The smallest absolute Gasteiger partial charge is 0.408 e. The van der Waals surface area contributed by atoms with Crippen molar-refractivity contribution in [3.63, 3.8) is 0 Å². The molecule has 2 heterocycles. The predicted molar refractivity (Wildman–Crippen MR) is 121 cm³/mol. The number of fused-ring (bicyclic) bond motifs is 1. The summed E-state index contributed by atoms with van der Waals surface area (Å²) in [6.07, 6.45) is 4.08. The van der Waals surface area contributed by atoms with Crippen LogP contribution < -0.4 is 10.6 Å². The zero-order valence-electron chi connectivity index (χ0n) is 18.5. The standard InChI is InChI=1S/C24H30N4O3/c1-24(2,3)31-23(30)27-20(22(29)26-14-12-18-9-7-8-13-25-18)15-17-16-28(4)21-11-6-5-10-19(17)21/h5-11,13,16,20H,12,14-15H2,1-4H3,(H,26,29)(H,27,30)/t20-/m1/s1. The maximum Gasteiger partial charge on any atom is 0.408 e. The van der Waals surface area contributed by atoms with Crippen molar-refractivity contribution in [2.75, 3.05) is 6.54 Å². The van der Waals surface area contributed by atoms with E-state index in [2.05, 4.69) is 15.6 Å². The van der Waals surface area contributed by atoms with E-state index in [-0.39, 0.29) is 5.91 Å². The van der Waals surface area contributed by atoms with Crippen molar-refractivity contribution in [2.24, 2.45) is 7.05 Å². The molecule has 0 unspecified atom stereocenters. The minimum atomic E-state index is -0.760. The number of hydrogen-bond acceptors (Lipinski definition) is 4. The number of nitrogens with one attached hydrogen (secondary N) is 2. The molecule has 0 aliphatic carbocycles. The van der Waals surface area contributed by atoms with Crippen LogP contribution in [0.15, 0.2) is 54.9 Å². The number of aromatic nitrogens is 2. The van der Waals surface area contributed by atoms with Gasteiger partial charge in [-0.3, -0.25) is 9.78 Å². The Hall–Kier alpha value is -3.35. The lowest BCUT2D eigenvalue weighted by atomic mass is 10.0. The molecule has 0 saturated heterocycles. The summed E-state index contributed by atoms with van der Waals surface area (Å²) in [5.41, 5.74) is 2.31. The van der Waals surface area contributed by atoms with Crippen molar-refractivity contribution in [2.45, 2.75) is 45.3 Å². The molecule has 0 bridgehead atoms. The number of alkyl carbamates (subject to hydrolysis) is 1.